The summed E-state index contributed by atoms with van der Waals surface area (Å²) in [4.78, 5) is 10.9. The Bertz CT molecular complexity index is 650. The van der Waals surface area contributed by atoms with Crippen LogP contribution in [0.25, 0.3) is 11.3 Å². The molecular weight excluding hydrogens is 312 g/mol. The first kappa shape index (κ1) is 13.6. The quantitative estimate of drug-likeness (QED) is 0.909. The molecule has 2 N–H and O–H groups in total. The molecule has 0 radical (unpaired) electrons. The molecule has 6 heteroatoms. The molecule has 2 rings (SSSR count). The molecule has 0 aliphatic heterocycles. The van der Waals surface area contributed by atoms with E-state index < -0.39 is 5.97 Å². The van der Waals surface area contributed by atoms with E-state index >= 15 is 0 Å². The van der Waals surface area contributed by atoms with Crippen molar-refractivity contribution < 1.29 is 14.6 Å². The van der Waals surface area contributed by atoms with Crippen LogP contribution in [-0.4, -0.2) is 28.4 Å². The third-order valence-electron chi connectivity index (χ3n) is 2.85. The highest BCUT2D eigenvalue weighted by Gasteiger charge is 2.19. The van der Waals surface area contributed by atoms with Crippen LogP contribution in [0.5, 0.6) is 5.75 Å². The number of carbonyl (C=O) groups is 1. The molecule has 0 bridgehead atoms. The summed E-state index contributed by atoms with van der Waals surface area (Å²) in [6.07, 6.45) is 0. The maximum absolute atomic E-state index is 10.9. The molecule has 5 nitrogen and oxygen atoms in total. The number of ether oxygens (including phenoxy) is 1. The van der Waals surface area contributed by atoms with Crippen molar-refractivity contribution in [3.63, 3.8) is 0 Å². The Balaban J connectivity index is 2.69. The average Bonchev–Trinajstić information content (AvgIpc) is 2.82. The topological polar surface area (TPSA) is 75.2 Å². The van der Waals surface area contributed by atoms with Crippen LogP contribution in [0.2, 0.25) is 0 Å². The number of hydrogen-bond donors (Lipinski definition) is 2. The van der Waals surface area contributed by atoms with E-state index in [0.717, 1.165) is 21.2 Å². The summed E-state index contributed by atoms with van der Waals surface area (Å²) in [5.41, 5.74) is 3.34. The smallest absolute Gasteiger partial charge is 0.353 e. The number of carboxylic acids is 1. The Morgan fingerprint density at radius 2 is 2.05 bits per heavy atom. The molecule has 1 aromatic heterocycles. The molecule has 0 aliphatic carbocycles. The number of aromatic nitrogens is 2. The van der Waals surface area contributed by atoms with E-state index in [9.17, 15) is 4.79 Å². The van der Waals surface area contributed by atoms with Crippen molar-refractivity contribution in [3.05, 3.63) is 33.4 Å². The number of halogens is 1. The van der Waals surface area contributed by atoms with E-state index in [2.05, 4.69) is 26.1 Å². The van der Waals surface area contributed by atoms with Gasteiger partial charge in [-0.2, -0.15) is 5.10 Å². The maximum Gasteiger partial charge on any atom is 0.353 e. The lowest BCUT2D eigenvalue weighted by Crippen LogP contribution is -1.95. The monoisotopic (exact) mass is 324 g/mol. The van der Waals surface area contributed by atoms with Gasteiger partial charge in [0.2, 0.25) is 0 Å². The van der Waals surface area contributed by atoms with Crippen LogP contribution in [0.3, 0.4) is 0 Å². The van der Waals surface area contributed by atoms with Gasteiger partial charge in [-0.05, 0) is 47.0 Å². The van der Waals surface area contributed by atoms with Gasteiger partial charge >= 0.3 is 5.97 Å². The van der Waals surface area contributed by atoms with Crippen LogP contribution in [0.15, 0.2) is 16.6 Å². The molecule has 0 spiro atoms. The van der Waals surface area contributed by atoms with Crippen molar-refractivity contribution >= 4 is 21.9 Å². The van der Waals surface area contributed by atoms with Crippen molar-refractivity contribution in [2.45, 2.75) is 13.8 Å². The molecule has 0 saturated heterocycles. The van der Waals surface area contributed by atoms with Gasteiger partial charge in [0.25, 0.3) is 0 Å². The zero-order chi connectivity index (χ0) is 14.2. The van der Waals surface area contributed by atoms with E-state index in [1.165, 1.54) is 6.07 Å². The third-order valence-corrected chi connectivity index (χ3v) is 3.87. The molecule has 0 fully saturated rings. The van der Waals surface area contributed by atoms with Crippen molar-refractivity contribution in [2.75, 3.05) is 7.11 Å². The number of aromatic carboxylic acids is 1. The number of benzene rings is 1. The number of methoxy groups -OCH3 is 1. The summed E-state index contributed by atoms with van der Waals surface area (Å²) >= 11 is 3.51. The van der Waals surface area contributed by atoms with Gasteiger partial charge in [0.15, 0.2) is 0 Å². The van der Waals surface area contributed by atoms with Gasteiger partial charge in [0.1, 0.15) is 11.4 Å². The lowest BCUT2D eigenvalue weighted by Gasteiger charge is -2.13. The second-order valence-corrected chi connectivity index (χ2v) is 5.00. The highest BCUT2D eigenvalue weighted by atomic mass is 79.9. The van der Waals surface area contributed by atoms with Gasteiger partial charge in [-0.15, -0.1) is 0 Å². The minimum Gasteiger partial charge on any atom is -0.496 e. The number of aromatic amines is 1. The Kier molecular flexibility index (Phi) is 3.61. The fourth-order valence-electron chi connectivity index (χ4n) is 2.00. The number of rotatable bonds is 3. The van der Waals surface area contributed by atoms with Crippen molar-refractivity contribution in [3.8, 4) is 17.0 Å². The van der Waals surface area contributed by atoms with E-state index in [4.69, 9.17) is 9.84 Å². The normalized spacial score (nSPS) is 10.5. The Hall–Kier alpha value is -1.82. The molecule has 2 aromatic rings. The molecule has 1 aromatic carbocycles. The first-order chi connectivity index (χ1) is 8.95. The van der Waals surface area contributed by atoms with E-state index in [-0.39, 0.29) is 5.69 Å². The lowest BCUT2D eigenvalue weighted by molar-refractivity contribution is 0.0690. The summed E-state index contributed by atoms with van der Waals surface area (Å²) < 4.78 is 6.25. The van der Waals surface area contributed by atoms with Crippen LogP contribution in [0.1, 0.15) is 21.6 Å². The lowest BCUT2D eigenvalue weighted by atomic mass is 10.0. The minimum absolute atomic E-state index is 0.0445. The number of nitrogens with one attached hydrogen (secondary N) is 1. The highest BCUT2D eigenvalue weighted by Crippen LogP contribution is 2.40. The van der Waals surface area contributed by atoms with Gasteiger partial charge in [-0.25, -0.2) is 4.79 Å². The Morgan fingerprint density at radius 3 is 2.58 bits per heavy atom. The molecular formula is C13H13BrN2O3. The number of hydrogen-bond acceptors (Lipinski definition) is 3. The molecule has 0 saturated carbocycles. The SMILES string of the molecule is COc1c(C)cc(C)c(Br)c1-c1cc(C(=O)O)[nH]n1. The van der Waals surface area contributed by atoms with Crippen LogP contribution in [0, 0.1) is 13.8 Å². The number of nitrogens with zero attached hydrogens (tertiary/aromatic N) is 1. The zero-order valence-electron chi connectivity index (χ0n) is 10.7. The number of H-pyrrole nitrogens is 1. The number of carboxylic acid groups (broad SMARTS) is 1. The van der Waals surface area contributed by atoms with Crippen LogP contribution in [-0.2, 0) is 0 Å². The summed E-state index contributed by atoms with van der Waals surface area (Å²) in [6, 6.07) is 3.49. The van der Waals surface area contributed by atoms with Crippen molar-refractivity contribution in [1.82, 2.24) is 10.2 Å². The van der Waals surface area contributed by atoms with Gasteiger partial charge in [-0.3, -0.25) is 5.10 Å². The predicted molar refractivity (Wildman–Crippen MR) is 74.7 cm³/mol. The van der Waals surface area contributed by atoms with Crippen LogP contribution in [0.4, 0.5) is 0 Å². The van der Waals surface area contributed by atoms with Gasteiger partial charge in [0.05, 0.1) is 18.4 Å². The highest BCUT2D eigenvalue weighted by molar-refractivity contribution is 9.10. The Labute approximate surface area is 118 Å². The standard InChI is InChI=1S/C13H13BrN2O3/c1-6-4-7(2)12(19-3)10(11(6)14)8-5-9(13(17)18)16-15-8/h4-5H,1-3H3,(H,15,16)(H,17,18). The first-order valence-electron chi connectivity index (χ1n) is 5.58. The van der Waals surface area contributed by atoms with Gasteiger partial charge in [-0.1, -0.05) is 6.07 Å². The van der Waals surface area contributed by atoms with Gasteiger partial charge in [0, 0.05) is 4.47 Å². The summed E-state index contributed by atoms with van der Waals surface area (Å²) in [7, 11) is 1.58. The van der Waals surface area contributed by atoms with Gasteiger partial charge < -0.3 is 9.84 Å². The van der Waals surface area contributed by atoms with Crippen molar-refractivity contribution in [1.29, 1.82) is 0 Å². The van der Waals surface area contributed by atoms with Crippen LogP contribution < -0.4 is 4.74 Å². The van der Waals surface area contributed by atoms with E-state index in [1.807, 2.05) is 19.9 Å². The number of aryl methyl sites for hydroxylation is 2. The molecule has 100 valence electrons. The summed E-state index contributed by atoms with van der Waals surface area (Å²) in [6.45, 7) is 3.90. The summed E-state index contributed by atoms with van der Waals surface area (Å²) in [5, 5.41) is 15.5. The zero-order valence-corrected chi connectivity index (χ0v) is 12.3. The predicted octanol–water partition coefficient (Wildman–Crippen LogP) is 3.16. The molecule has 0 atom stereocenters. The van der Waals surface area contributed by atoms with Crippen LogP contribution >= 0.6 is 15.9 Å². The summed E-state index contributed by atoms with van der Waals surface area (Å²) in [5.74, 6) is -0.362. The molecule has 19 heavy (non-hydrogen) atoms. The van der Waals surface area contributed by atoms with E-state index in [1.54, 1.807) is 7.11 Å². The maximum atomic E-state index is 10.9. The average molecular weight is 325 g/mol. The fraction of sp³-hybridized carbons (Fsp3) is 0.231. The Morgan fingerprint density at radius 1 is 1.37 bits per heavy atom. The second-order valence-electron chi connectivity index (χ2n) is 4.20. The molecule has 1 heterocycles. The minimum atomic E-state index is -1.04. The first-order valence-corrected chi connectivity index (χ1v) is 6.37. The third kappa shape index (κ3) is 2.35. The van der Waals surface area contributed by atoms with Crippen molar-refractivity contribution in [2.24, 2.45) is 0 Å². The molecule has 0 unspecified atom stereocenters. The largest absolute Gasteiger partial charge is 0.496 e. The molecule has 0 amide bonds. The second kappa shape index (κ2) is 5.05. The fourth-order valence-corrected chi connectivity index (χ4v) is 2.50. The van der Waals surface area contributed by atoms with E-state index in [0.29, 0.717) is 11.4 Å². The molecule has 0 aliphatic rings.